The molecule has 4 nitrogen and oxygen atoms in total. The van der Waals surface area contributed by atoms with Crippen LogP contribution in [0, 0.1) is 6.92 Å². The van der Waals surface area contributed by atoms with E-state index in [0.717, 1.165) is 33.4 Å². The van der Waals surface area contributed by atoms with Gasteiger partial charge in [-0.15, -0.1) is 0 Å². The molecule has 0 saturated carbocycles. The van der Waals surface area contributed by atoms with Crippen LogP contribution in [0.15, 0.2) is 78.9 Å². The van der Waals surface area contributed by atoms with Crippen LogP contribution in [-0.2, 0) is 17.6 Å². The highest BCUT2D eigenvalue weighted by Crippen LogP contribution is 2.31. The molecule has 0 unspecified atom stereocenters. The van der Waals surface area contributed by atoms with Gasteiger partial charge in [0.25, 0.3) is 0 Å². The molecule has 4 rings (SSSR count). The topological polar surface area (TPSA) is 59.3 Å². The lowest BCUT2D eigenvalue weighted by Crippen LogP contribution is -2.06. The molecule has 0 aliphatic rings. The molecule has 30 heavy (non-hydrogen) atoms. The van der Waals surface area contributed by atoms with Gasteiger partial charge in [-0.2, -0.15) is 0 Å². The van der Waals surface area contributed by atoms with Crippen molar-refractivity contribution >= 4 is 22.7 Å². The average molecular weight is 397 g/mol. The zero-order valence-corrected chi connectivity index (χ0v) is 16.8. The van der Waals surface area contributed by atoms with Gasteiger partial charge in [0.1, 0.15) is 0 Å². The van der Waals surface area contributed by atoms with E-state index in [2.05, 4.69) is 4.57 Å². The van der Waals surface area contributed by atoms with E-state index in [0.29, 0.717) is 18.4 Å². The Morgan fingerprint density at radius 1 is 0.867 bits per heavy atom. The molecule has 1 heterocycles. The van der Waals surface area contributed by atoms with Crippen molar-refractivity contribution in [2.75, 3.05) is 0 Å². The molecule has 0 atom stereocenters. The minimum atomic E-state index is -0.825. The number of hydrogen-bond acceptors (Lipinski definition) is 2. The third-order valence-corrected chi connectivity index (χ3v) is 5.40. The maximum Gasteiger partial charge on any atom is 0.303 e. The summed E-state index contributed by atoms with van der Waals surface area (Å²) >= 11 is 0. The van der Waals surface area contributed by atoms with Crippen LogP contribution in [0.25, 0.3) is 16.6 Å². The molecule has 1 aromatic heterocycles. The molecule has 0 aliphatic heterocycles. The maximum atomic E-state index is 13.4. The molecule has 0 spiro atoms. The van der Waals surface area contributed by atoms with Gasteiger partial charge in [-0.05, 0) is 48.7 Å². The van der Waals surface area contributed by atoms with Gasteiger partial charge in [0.05, 0.1) is 5.52 Å². The smallest absolute Gasteiger partial charge is 0.303 e. The molecule has 4 aromatic rings. The summed E-state index contributed by atoms with van der Waals surface area (Å²) in [5.74, 6) is -0.762. The highest BCUT2D eigenvalue weighted by molar-refractivity contribution is 6.10. The van der Waals surface area contributed by atoms with Crippen LogP contribution >= 0.6 is 0 Å². The van der Waals surface area contributed by atoms with Crippen molar-refractivity contribution in [3.05, 3.63) is 101 Å². The number of carboxylic acids is 1. The Morgan fingerprint density at radius 2 is 1.53 bits per heavy atom. The third-order valence-electron chi connectivity index (χ3n) is 5.40. The third kappa shape index (κ3) is 3.90. The number of para-hydroxylation sites is 1. The number of carboxylic acid groups (broad SMARTS) is 1. The molecule has 3 aromatic carbocycles. The van der Waals surface area contributed by atoms with Crippen molar-refractivity contribution in [2.45, 2.75) is 26.2 Å². The molecule has 0 amide bonds. The molecule has 0 radical (unpaired) electrons. The highest BCUT2D eigenvalue weighted by Gasteiger charge is 2.21. The molecule has 4 heteroatoms. The average Bonchev–Trinajstić information content (AvgIpc) is 3.04. The van der Waals surface area contributed by atoms with Gasteiger partial charge in [-0.3, -0.25) is 9.59 Å². The van der Waals surface area contributed by atoms with Crippen molar-refractivity contribution in [1.82, 2.24) is 4.57 Å². The number of aromatic nitrogens is 1. The lowest BCUT2D eigenvalue weighted by Gasteiger charge is -2.09. The van der Waals surface area contributed by atoms with Crippen molar-refractivity contribution in [2.24, 2.45) is 0 Å². The van der Waals surface area contributed by atoms with Crippen molar-refractivity contribution < 1.29 is 14.7 Å². The van der Waals surface area contributed by atoms with Crippen LogP contribution < -0.4 is 0 Å². The molecule has 1 N–H and O–H groups in total. The number of fused-ring (bicyclic) bond motifs is 1. The standard InChI is InChI=1S/C26H23NO3/c1-18-26(24(28)17-19-8-4-2-5-9-19)22-16-20(13-15-25(29)30)12-14-23(22)27(18)21-10-6-3-7-11-21/h2-12,14,16H,13,15,17H2,1H3,(H,29,30). The molecule has 0 saturated heterocycles. The lowest BCUT2D eigenvalue weighted by molar-refractivity contribution is -0.136. The first-order valence-electron chi connectivity index (χ1n) is 10.0. The Bertz CT molecular complexity index is 1210. The number of carbonyl (C=O) groups is 2. The van der Waals surface area contributed by atoms with E-state index < -0.39 is 5.97 Å². The van der Waals surface area contributed by atoms with Crippen LogP contribution in [0.5, 0.6) is 0 Å². The summed E-state index contributed by atoms with van der Waals surface area (Å²) in [4.78, 5) is 24.4. The fourth-order valence-electron chi connectivity index (χ4n) is 4.00. The normalized spacial score (nSPS) is 11.0. The first kappa shape index (κ1) is 19.6. The second-order valence-corrected chi connectivity index (χ2v) is 7.46. The Kier molecular flexibility index (Phi) is 5.48. The van der Waals surface area contributed by atoms with Crippen molar-refractivity contribution in [3.8, 4) is 5.69 Å². The summed E-state index contributed by atoms with van der Waals surface area (Å²) in [7, 11) is 0. The summed E-state index contributed by atoms with van der Waals surface area (Å²) in [6.45, 7) is 1.97. The predicted octanol–water partition coefficient (Wildman–Crippen LogP) is 5.38. The molecule has 0 fully saturated rings. The number of hydrogen-bond donors (Lipinski definition) is 1. The summed E-state index contributed by atoms with van der Waals surface area (Å²) in [6, 6.07) is 25.6. The number of aliphatic carboxylic acids is 1. The van der Waals surface area contributed by atoms with E-state index in [1.165, 1.54) is 0 Å². The van der Waals surface area contributed by atoms with Gasteiger partial charge in [0.2, 0.25) is 0 Å². The van der Waals surface area contributed by atoms with E-state index in [-0.39, 0.29) is 12.2 Å². The predicted molar refractivity (Wildman–Crippen MR) is 118 cm³/mol. The maximum absolute atomic E-state index is 13.4. The first-order valence-corrected chi connectivity index (χ1v) is 10.0. The van der Waals surface area contributed by atoms with E-state index in [4.69, 9.17) is 5.11 Å². The molecular weight excluding hydrogens is 374 g/mol. The van der Waals surface area contributed by atoms with Gasteiger partial charge in [-0.1, -0.05) is 54.6 Å². The summed E-state index contributed by atoms with van der Waals surface area (Å²) < 4.78 is 2.11. The van der Waals surface area contributed by atoms with Gasteiger partial charge in [0.15, 0.2) is 5.78 Å². The Balaban J connectivity index is 1.85. The van der Waals surface area contributed by atoms with Crippen LogP contribution in [0.4, 0.5) is 0 Å². The fraction of sp³-hybridized carbons (Fsp3) is 0.154. The summed E-state index contributed by atoms with van der Waals surface area (Å²) in [5.41, 5.74) is 5.45. The van der Waals surface area contributed by atoms with Crippen LogP contribution in [0.3, 0.4) is 0 Å². The second kappa shape index (κ2) is 8.37. The van der Waals surface area contributed by atoms with Crippen LogP contribution in [0.1, 0.15) is 33.6 Å². The van der Waals surface area contributed by atoms with Gasteiger partial charge >= 0.3 is 5.97 Å². The fourth-order valence-corrected chi connectivity index (χ4v) is 4.00. The number of rotatable bonds is 7. The summed E-state index contributed by atoms with van der Waals surface area (Å²) in [6.07, 6.45) is 0.833. The summed E-state index contributed by atoms with van der Waals surface area (Å²) in [5, 5.41) is 9.91. The molecule has 0 aliphatic carbocycles. The van der Waals surface area contributed by atoms with Gasteiger partial charge in [-0.25, -0.2) is 0 Å². The first-order chi connectivity index (χ1) is 14.5. The number of aryl methyl sites for hydroxylation is 1. The number of ketones is 1. The number of nitrogens with zero attached hydrogens (tertiary/aromatic N) is 1. The Morgan fingerprint density at radius 3 is 2.20 bits per heavy atom. The molecular formula is C26H23NO3. The van der Waals surface area contributed by atoms with E-state index >= 15 is 0 Å². The monoisotopic (exact) mass is 397 g/mol. The second-order valence-electron chi connectivity index (χ2n) is 7.46. The van der Waals surface area contributed by atoms with E-state index in [1.807, 2.05) is 85.8 Å². The zero-order chi connectivity index (χ0) is 21.1. The van der Waals surface area contributed by atoms with Gasteiger partial charge < -0.3 is 9.67 Å². The van der Waals surface area contributed by atoms with E-state index in [1.54, 1.807) is 0 Å². The molecule has 0 bridgehead atoms. The quantitative estimate of drug-likeness (QED) is 0.426. The van der Waals surface area contributed by atoms with Crippen molar-refractivity contribution in [3.63, 3.8) is 0 Å². The SMILES string of the molecule is Cc1c(C(=O)Cc2ccccc2)c2cc(CCC(=O)O)ccc2n1-c1ccccc1. The van der Waals surface area contributed by atoms with E-state index in [9.17, 15) is 9.59 Å². The largest absolute Gasteiger partial charge is 0.481 e. The minimum absolute atomic E-state index is 0.0637. The lowest BCUT2D eigenvalue weighted by atomic mass is 9.98. The number of Topliss-reactive ketones (excluding diaryl/α,β-unsaturated/α-hetero) is 1. The minimum Gasteiger partial charge on any atom is -0.481 e. The zero-order valence-electron chi connectivity index (χ0n) is 16.8. The number of benzene rings is 3. The van der Waals surface area contributed by atoms with Crippen LogP contribution in [-0.4, -0.2) is 21.4 Å². The Labute approximate surface area is 175 Å². The van der Waals surface area contributed by atoms with Crippen LogP contribution in [0.2, 0.25) is 0 Å². The number of carbonyl (C=O) groups excluding carboxylic acids is 1. The Hall–Kier alpha value is -3.66. The highest BCUT2D eigenvalue weighted by atomic mass is 16.4. The van der Waals surface area contributed by atoms with Gasteiger partial charge in [0, 0.05) is 35.2 Å². The van der Waals surface area contributed by atoms with Crippen molar-refractivity contribution in [1.29, 1.82) is 0 Å². The molecule has 150 valence electrons.